The zero-order valence-corrected chi connectivity index (χ0v) is 14.6. The molecular formula is C17H21N5OS. The molecule has 0 aliphatic carbocycles. The number of aliphatic imine (C=N–C) groups is 1. The van der Waals surface area contributed by atoms with Crippen molar-refractivity contribution in [3.63, 3.8) is 0 Å². The first-order valence-electron chi connectivity index (χ1n) is 8.34. The van der Waals surface area contributed by atoms with Gasteiger partial charge in [0.05, 0.1) is 13.1 Å². The number of hydrogen-bond donors (Lipinski definition) is 0. The van der Waals surface area contributed by atoms with Crippen LogP contribution in [-0.2, 0) is 6.54 Å². The molecule has 0 unspecified atom stereocenters. The predicted octanol–water partition coefficient (Wildman–Crippen LogP) is 2.35. The molecule has 0 N–H and O–H groups in total. The number of amidine groups is 1. The first-order valence-corrected chi connectivity index (χ1v) is 9.22. The third-order valence-electron chi connectivity index (χ3n) is 4.29. The van der Waals surface area contributed by atoms with E-state index >= 15 is 0 Å². The predicted molar refractivity (Wildman–Crippen MR) is 95.9 cm³/mol. The van der Waals surface area contributed by atoms with Crippen molar-refractivity contribution >= 4 is 16.9 Å². The number of hydrogen-bond acceptors (Lipinski definition) is 7. The molecule has 1 fully saturated rings. The summed E-state index contributed by atoms with van der Waals surface area (Å²) in [6.45, 7) is 7.96. The van der Waals surface area contributed by atoms with Gasteiger partial charge in [0.25, 0.3) is 5.89 Å². The Morgan fingerprint density at radius 3 is 2.67 bits per heavy atom. The van der Waals surface area contributed by atoms with Crippen molar-refractivity contribution in [2.24, 2.45) is 4.99 Å². The van der Waals surface area contributed by atoms with Gasteiger partial charge in [-0.05, 0) is 12.1 Å². The second kappa shape index (κ2) is 6.94. The summed E-state index contributed by atoms with van der Waals surface area (Å²) in [5.41, 5.74) is 0.964. The molecule has 1 saturated heterocycles. The molecule has 126 valence electrons. The average molecular weight is 343 g/mol. The van der Waals surface area contributed by atoms with Gasteiger partial charge >= 0.3 is 0 Å². The van der Waals surface area contributed by atoms with Gasteiger partial charge < -0.3 is 9.42 Å². The minimum Gasteiger partial charge on any atom is -0.349 e. The topological polar surface area (TPSA) is 57.8 Å². The van der Waals surface area contributed by atoms with Gasteiger partial charge in [0.2, 0.25) is 0 Å². The number of thioether (sulfide) groups is 1. The first kappa shape index (κ1) is 15.7. The Morgan fingerprint density at radius 1 is 1.17 bits per heavy atom. The van der Waals surface area contributed by atoms with Gasteiger partial charge in [-0.25, -0.2) is 0 Å². The SMILES string of the molecule is C[C@H]1CN=C(N2CCN(Cc3noc(-c4ccccc4)n3)CC2)S1. The second-order valence-corrected chi connectivity index (χ2v) is 7.60. The molecule has 0 amide bonds. The fraction of sp³-hybridized carbons (Fsp3) is 0.471. The lowest BCUT2D eigenvalue weighted by Crippen LogP contribution is -2.47. The van der Waals surface area contributed by atoms with Crippen LogP contribution in [0.3, 0.4) is 0 Å². The molecule has 24 heavy (non-hydrogen) atoms. The molecule has 7 heteroatoms. The normalized spacial score (nSPS) is 22.0. The van der Waals surface area contributed by atoms with Crippen molar-refractivity contribution in [2.45, 2.75) is 18.7 Å². The number of rotatable bonds is 3. The molecular weight excluding hydrogens is 322 g/mol. The van der Waals surface area contributed by atoms with E-state index in [1.54, 1.807) is 0 Å². The van der Waals surface area contributed by atoms with Gasteiger partial charge in [-0.15, -0.1) is 0 Å². The van der Waals surface area contributed by atoms with E-state index in [1.807, 2.05) is 42.1 Å². The summed E-state index contributed by atoms with van der Waals surface area (Å²) < 4.78 is 5.39. The molecule has 0 bridgehead atoms. The smallest absolute Gasteiger partial charge is 0.257 e. The lowest BCUT2D eigenvalue weighted by atomic mass is 10.2. The maximum atomic E-state index is 5.39. The summed E-state index contributed by atoms with van der Waals surface area (Å²) in [5, 5.41) is 5.96. The Labute approximate surface area is 145 Å². The van der Waals surface area contributed by atoms with Gasteiger partial charge in [0.1, 0.15) is 0 Å². The Hall–Kier alpha value is -1.86. The van der Waals surface area contributed by atoms with Gasteiger partial charge in [-0.3, -0.25) is 9.89 Å². The van der Waals surface area contributed by atoms with E-state index in [0.29, 0.717) is 11.1 Å². The van der Waals surface area contributed by atoms with Crippen LogP contribution < -0.4 is 0 Å². The molecule has 1 aromatic heterocycles. The maximum absolute atomic E-state index is 5.39. The molecule has 2 aromatic rings. The molecule has 3 heterocycles. The summed E-state index contributed by atoms with van der Waals surface area (Å²) in [6.07, 6.45) is 0. The fourth-order valence-corrected chi connectivity index (χ4v) is 3.94. The summed E-state index contributed by atoms with van der Waals surface area (Å²) >= 11 is 1.90. The second-order valence-electron chi connectivity index (χ2n) is 6.20. The molecule has 1 atom stereocenters. The number of nitrogens with zero attached hydrogens (tertiary/aromatic N) is 5. The monoisotopic (exact) mass is 343 g/mol. The average Bonchev–Trinajstić information content (AvgIpc) is 3.26. The third-order valence-corrected chi connectivity index (χ3v) is 5.44. The quantitative estimate of drug-likeness (QED) is 0.853. The summed E-state index contributed by atoms with van der Waals surface area (Å²) in [5.74, 6) is 1.35. The summed E-state index contributed by atoms with van der Waals surface area (Å²) in [4.78, 5) is 13.9. The van der Waals surface area contributed by atoms with E-state index in [9.17, 15) is 0 Å². The lowest BCUT2D eigenvalue weighted by Gasteiger charge is -2.34. The van der Waals surface area contributed by atoms with Crippen molar-refractivity contribution in [3.8, 4) is 11.5 Å². The highest BCUT2D eigenvalue weighted by Gasteiger charge is 2.25. The van der Waals surface area contributed by atoms with E-state index in [0.717, 1.165) is 50.7 Å². The van der Waals surface area contributed by atoms with E-state index < -0.39 is 0 Å². The Morgan fingerprint density at radius 2 is 1.96 bits per heavy atom. The van der Waals surface area contributed by atoms with Crippen molar-refractivity contribution in [1.29, 1.82) is 0 Å². The number of piperazine rings is 1. The highest BCUT2D eigenvalue weighted by atomic mass is 32.2. The standard InChI is InChI=1S/C17H21N5OS/c1-13-11-18-17(24-13)22-9-7-21(8-10-22)12-15-19-16(23-20-15)14-5-3-2-4-6-14/h2-6,13H,7-12H2,1H3/t13-/m0/s1. The van der Waals surface area contributed by atoms with Crippen LogP contribution >= 0.6 is 11.8 Å². The molecule has 2 aliphatic rings. The van der Waals surface area contributed by atoms with Gasteiger partial charge in [-0.2, -0.15) is 4.98 Å². The Bertz CT molecular complexity index is 709. The maximum Gasteiger partial charge on any atom is 0.257 e. The minimum absolute atomic E-state index is 0.593. The lowest BCUT2D eigenvalue weighted by molar-refractivity contribution is 0.172. The Kier molecular flexibility index (Phi) is 4.53. The number of aromatic nitrogens is 2. The highest BCUT2D eigenvalue weighted by Crippen LogP contribution is 2.24. The van der Waals surface area contributed by atoms with E-state index in [2.05, 4.69) is 31.9 Å². The summed E-state index contributed by atoms with van der Waals surface area (Å²) in [7, 11) is 0. The van der Waals surface area contributed by atoms with Gasteiger partial charge in [-0.1, -0.05) is 42.0 Å². The highest BCUT2D eigenvalue weighted by molar-refractivity contribution is 8.14. The molecule has 6 nitrogen and oxygen atoms in total. The van der Waals surface area contributed by atoms with E-state index in [-0.39, 0.29) is 0 Å². The van der Waals surface area contributed by atoms with Crippen molar-refractivity contribution in [1.82, 2.24) is 19.9 Å². The van der Waals surface area contributed by atoms with Crippen molar-refractivity contribution in [3.05, 3.63) is 36.2 Å². The number of benzene rings is 1. The molecule has 1 aromatic carbocycles. The van der Waals surface area contributed by atoms with Crippen LogP contribution in [0.15, 0.2) is 39.8 Å². The zero-order chi connectivity index (χ0) is 16.4. The largest absolute Gasteiger partial charge is 0.349 e. The van der Waals surface area contributed by atoms with Crippen LogP contribution in [0.1, 0.15) is 12.7 Å². The van der Waals surface area contributed by atoms with E-state index in [4.69, 9.17) is 4.52 Å². The van der Waals surface area contributed by atoms with Crippen molar-refractivity contribution in [2.75, 3.05) is 32.7 Å². The van der Waals surface area contributed by atoms with Crippen LogP contribution in [-0.4, -0.2) is 63.1 Å². The molecule has 2 aliphatic heterocycles. The molecule has 0 spiro atoms. The van der Waals surface area contributed by atoms with Crippen LogP contribution in [0, 0.1) is 0 Å². The molecule has 0 radical (unpaired) electrons. The summed E-state index contributed by atoms with van der Waals surface area (Å²) in [6, 6.07) is 9.90. The molecule has 4 rings (SSSR count). The van der Waals surface area contributed by atoms with Crippen LogP contribution in [0.25, 0.3) is 11.5 Å². The van der Waals surface area contributed by atoms with Crippen LogP contribution in [0.4, 0.5) is 0 Å². The Balaban J connectivity index is 1.32. The van der Waals surface area contributed by atoms with Crippen LogP contribution in [0.2, 0.25) is 0 Å². The van der Waals surface area contributed by atoms with Gasteiger partial charge in [0, 0.05) is 37.0 Å². The third kappa shape index (κ3) is 3.47. The molecule has 0 saturated carbocycles. The van der Waals surface area contributed by atoms with Crippen molar-refractivity contribution < 1.29 is 4.52 Å². The fourth-order valence-electron chi connectivity index (χ4n) is 2.95. The van der Waals surface area contributed by atoms with E-state index in [1.165, 1.54) is 5.17 Å². The first-order chi connectivity index (χ1) is 11.8. The minimum atomic E-state index is 0.593. The van der Waals surface area contributed by atoms with Crippen LogP contribution in [0.5, 0.6) is 0 Å². The van der Waals surface area contributed by atoms with Gasteiger partial charge in [0.15, 0.2) is 11.0 Å². The zero-order valence-electron chi connectivity index (χ0n) is 13.8.